The fourth-order valence-corrected chi connectivity index (χ4v) is 1.68. The highest BCUT2D eigenvalue weighted by Gasteiger charge is 2.15. The van der Waals surface area contributed by atoms with Gasteiger partial charge in [-0.1, -0.05) is 19.1 Å². The van der Waals surface area contributed by atoms with E-state index in [1.165, 1.54) is 12.3 Å². The maximum atomic E-state index is 13.1. The van der Waals surface area contributed by atoms with Gasteiger partial charge in [0.2, 0.25) is 0 Å². The predicted molar refractivity (Wildman–Crippen MR) is 69.9 cm³/mol. The number of carbonyl (C=O) groups is 1. The Labute approximate surface area is 111 Å². The summed E-state index contributed by atoms with van der Waals surface area (Å²) >= 11 is 0. The average Bonchev–Trinajstić information content (AvgIpc) is 2.44. The molecular formula is C15H14FNO2. The zero-order valence-corrected chi connectivity index (χ0v) is 10.6. The van der Waals surface area contributed by atoms with Crippen molar-refractivity contribution < 1.29 is 13.9 Å². The molecule has 0 unspecified atom stereocenters. The maximum absolute atomic E-state index is 13.1. The summed E-state index contributed by atoms with van der Waals surface area (Å²) in [5, 5.41) is 0. The SMILES string of the molecule is CCCOc1ccccc1C(=O)c1cncc(F)c1. The van der Waals surface area contributed by atoms with Crippen LogP contribution in [0.25, 0.3) is 0 Å². The minimum Gasteiger partial charge on any atom is -0.493 e. The first-order chi connectivity index (χ1) is 9.22. The second-order valence-corrected chi connectivity index (χ2v) is 4.07. The van der Waals surface area contributed by atoms with Gasteiger partial charge in [-0.25, -0.2) is 4.39 Å². The Kier molecular flexibility index (Phi) is 4.23. The van der Waals surface area contributed by atoms with Crippen LogP contribution in [0.4, 0.5) is 4.39 Å². The van der Waals surface area contributed by atoms with Gasteiger partial charge in [-0.15, -0.1) is 0 Å². The molecule has 1 heterocycles. The van der Waals surface area contributed by atoms with Crippen molar-refractivity contribution in [2.75, 3.05) is 6.61 Å². The van der Waals surface area contributed by atoms with Gasteiger partial charge in [0.05, 0.1) is 18.4 Å². The molecule has 0 aliphatic heterocycles. The van der Waals surface area contributed by atoms with Gasteiger partial charge < -0.3 is 4.74 Å². The van der Waals surface area contributed by atoms with Gasteiger partial charge in [0.15, 0.2) is 5.78 Å². The number of rotatable bonds is 5. The first kappa shape index (κ1) is 13.2. The topological polar surface area (TPSA) is 39.2 Å². The fourth-order valence-electron chi connectivity index (χ4n) is 1.68. The van der Waals surface area contributed by atoms with E-state index in [1.807, 2.05) is 6.92 Å². The minimum absolute atomic E-state index is 0.215. The normalized spacial score (nSPS) is 10.2. The van der Waals surface area contributed by atoms with E-state index in [1.54, 1.807) is 24.3 Å². The molecule has 0 aliphatic rings. The molecule has 0 spiro atoms. The molecule has 0 bridgehead atoms. The van der Waals surface area contributed by atoms with Crippen LogP contribution in [0, 0.1) is 5.82 Å². The van der Waals surface area contributed by atoms with Crippen LogP contribution in [-0.4, -0.2) is 17.4 Å². The van der Waals surface area contributed by atoms with Crippen LogP contribution < -0.4 is 4.74 Å². The van der Waals surface area contributed by atoms with Gasteiger partial charge in [-0.05, 0) is 24.6 Å². The van der Waals surface area contributed by atoms with Crippen LogP contribution in [0.5, 0.6) is 5.75 Å². The van der Waals surface area contributed by atoms with Crippen molar-refractivity contribution in [3.8, 4) is 5.75 Å². The van der Waals surface area contributed by atoms with Crippen molar-refractivity contribution >= 4 is 5.78 Å². The molecule has 0 radical (unpaired) electrons. The Morgan fingerprint density at radius 3 is 2.84 bits per heavy atom. The van der Waals surface area contributed by atoms with Crippen molar-refractivity contribution in [2.45, 2.75) is 13.3 Å². The molecule has 2 rings (SSSR count). The summed E-state index contributed by atoms with van der Waals surface area (Å²) in [6.45, 7) is 2.52. The standard InChI is InChI=1S/C15H14FNO2/c1-2-7-19-14-6-4-3-5-13(14)15(18)11-8-12(16)10-17-9-11/h3-6,8-10H,2,7H2,1H3. The van der Waals surface area contributed by atoms with Crippen molar-refractivity contribution in [1.82, 2.24) is 4.98 Å². The lowest BCUT2D eigenvalue weighted by atomic mass is 10.0. The maximum Gasteiger partial charge on any atom is 0.198 e. The Morgan fingerprint density at radius 2 is 2.11 bits per heavy atom. The largest absolute Gasteiger partial charge is 0.493 e. The number of nitrogens with zero attached hydrogens (tertiary/aromatic N) is 1. The molecule has 0 fully saturated rings. The molecule has 0 atom stereocenters. The fraction of sp³-hybridized carbons (Fsp3) is 0.200. The van der Waals surface area contributed by atoms with Crippen molar-refractivity contribution in [3.63, 3.8) is 0 Å². The highest BCUT2D eigenvalue weighted by Crippen LogP contribution is 2.21. The number of aromatic nitrogens is 1. The zero-order valence-electron chi connectivity index (χ0n) is 10.6. The van der Waals surface area contributed by atoms with Gasteiger partial charge in [0.25, 0.3) is 0 Å². The zero-order chi connectivity index (χ0) is 13.7. The third kappa shape index (κ3) is 3.16. The molecular weight excluding hydrogens is 245 g/mol. The van der Waals surface area contributed by atoms with E-state index in [2.05, 4.69) is 4.98 Å². The lowest BCUT2D eigenvalue weighted by Gasteiger charge is -2.09. The van der Waals surface area contributed by atoms with E-state index in [9.17, 15) is 9.18 Å². The van der Waals surface area contributed by atoms with E-state index in [-0.39, 0.29) is 11.3 Å². The van der Waals surface area contributed by atoms with Crippen molar-refractivity contribution in [2.24, 2.45) is 0 Å². The van der Waals surface area contributed by atoms with Gasteiger partial charge in [0, 0.05) is 11.8 Å². The monoisotopic (exact) mass is 259 g/mol. The van der Waals surface area contributed by atoms with E-state index < -0.39 is 5.82 Å². The summed E-state index contributed by atoms with van der Waals surface area (Å²) in [7, 11) is 0. The molecule has 0 saturated heterocycles. The number of pyridine rings is 1. The average molecular weight is 259 g/mol. The lowest BCUT2D eigenvalue weighted by molar-refractivity contribution is 0.103. The van der Waals surface area contributed by atoms with E-state index in [0.29, 0.717) is 17.9 Å². The third-order valence-corrected chi connectivity index (χ3v) is 2.56. The highest BCUT2D eigenvalue weighted by atomic mass is 19.1. The number of ketones is 1. The molecule has 1 aromatic carbocycles. The van der Waals surface area contributed by atoms with Crippen LogP contribution in [-0.2, 0) is 0 Å². The van der Waals surface area contributed by atoms with Crippen LogP contribution in [0.1, 0.15) is 29.3 Å². The Morgan fingerprint density at radius 1 is 1.32 bits per heavy atom. The molecule has 98 valence electrons. The van der Waals surface area contributed by atoms with Crippen molar-refractivity contribution in [1.29, 1.82) is 0 Å². The lowest BCUT2D eigenvalue weighted by Crippen LogP contribution is -2.06. The first-order valence-electron chi connectivity index (χ1n) is 6.09. The van der Waals surface area contributed by atoms with Crippen molar-refractivity contribution in [3.05, 3.63) is 59.7 Å². The summed E-state index contributed by atoms with van der Waals surface area (Å²) in [6.07, 6.45) is 3.27. The Hall–Kier alpha value is -2.23. The predicted octanol–water partition coefficient (Wildman–Crippen LogP) is 3.24. The van der Waals surface area contributed by atoms with Crippen LogP contribution in [0.3, 0.4) is 0 Å². The molecule has 2 aromatic rings. The number of hydrogen-bond acceptors (Lipinski definition) is 3. The van der Waals surface area contributed by atoms with Gasteiger partial charge in [-0.3, -0.25) is 9.78 Å². The minimum atomic E-state index is -0.530. The van der Waals surface area contributed by atoms with Gasteiger partial charge >= 0.3 is 0 Å². The van der Waals surface area contributed by atoms with Gasteiger partial charge in [0.1, 0.15) is 11.6 Å². The Balaban J connectivity index is 2.33. The van der Waals surface area contributed by atoms with Crippen LogP contribution in [0.15, 0.2) is 42.7 Å². The number of carbonyl (C=O) groups excluding carboxylic acids is 1. The van der Waals surface area contributed by atoms with Gasteiger partial charge in [-0.2, -0.15) is 0 Å². The number of benzene rings is 1. The first-order valence-corrected chi connectivity index (χ1v) is 6.09. The summed E-state index contributed by atoms with van der Waals surface area (Å²) in [6, 6.07) is 8.12. The molecule has 3 nitrogen and oxygen atoms in total. The molecule has 0 amide bonds. The number of ether oxygens (including phenoxy) is 1. The van der Waals surface area contributed by atoms with Crippen LogP contribution >= 0.6 is 0 Å². The summed E-state index contributed by atoms with van der Waals surface area (Å²) in [5.74, 6) is -0.310. The smallest absolute Gasteiger partial charge is 0.198 e. The summed E-state index contributed by atoms with van der Waals surface area (Å²) in [5.41, 5.74) is 0.635. The molecule has 19 heavy (non-hydrogen) atoms. The number of halogens is 1. The van der Waals surface area contributed by atoms with E-state index >= 15 is 0 Å². The number of hydrogen-bond donors (Lipinski definition) is 0. The third-order valence-electron chi connectivity index (χ3n) is 2.56. The van der Waals surface area contributed by atoms with E-state index in [0.717, 1.165) is 12.6 Å². The second kappa shape index (κ2) is 6.09. The summed E-state index contributed by atoms with van der Waals surface area (Å²) < 4.78 is 18.6. The Bertz CT molecular complexity index is 584. The molecule has 0 N–H and O–H groups in total. The molecule has 0 saturated carbocycles. The second-order valence-electron chi connectivity index (χ2n) is 4.07. The quantitative estimate of drug-likeness (QED) is 0.774. The van der Waals surface area contributed by atoms with Crippen LogP contribution in [0.2, 0.25) is 0 Å². The molecule has 0 aliphatic carbocycles. The van der Waals surface area contributed by atoms with E-state index in [4.69, 9.17) is 4.74 Å². The highest BCUT2D eigenvalue weighted by molar-refractivity contribution is 6.10. The molecule has 4 heteroatoms. The summed E-state index contributed by atoms with van der Waals surface area (Å²) in [4.78, 5) is 16.0. The molecule has 1 aromatic heterocycles. The number of para-hydroxylation sites is 1.